The van der Waals surface area contributed by atoms with Crippen molar-refractivity contribution in [3.05, 3.63) is 59.2 Å². The number of anilines is 1. The average Bonchev–Trinajstić information content (AvgIpc) is 3.01. The fraction of sp³-hybridized carbons (Fsp3) is 0.111. The second-order valence-electron chi connectivity index (χ2n) is 5.01. The molecule has 0 saturated carbocycles. The van der Waals surface area contributed by atoms with E-state index in [0.717, 1.165) is 0 Å². The van der Waals surface area contributed by atoms with Gasteiger partial charge in [0.05, 0.1) is 6.61 Å². The maximum atomic E-state index is 12.2. The Balaban J connectivity index is 2.14. The third kappa shape index (κ3) is 3.12. The molecule has 1 heterocycles. The molecule has 5 nitrogen and oxygen atoms in total. The average molecular weight is 343 g/mol. The van der Waals surface area contributed by atoms with Gasteiger partial charge in [-0.3, -0.25) is 0 Å². The van der Waals surface area contributed by atoms with Crippen LogP contribution in [0.4, 0.5) is 5.69 Å². The first-order valence-corrected chi connectivity index (χ1v) is 7.76. The molecule has 122 valence electrons. The van der Waals surface area contributed by atoms with Gasteiger partial charge in [0.25, 0.3) is 0 Å². The van der Waals surface area contributed by atoms with Crippen molar-refractivity contribution in [3.63, 3.8) is 0 Å². The lowest BCUT2D eigenvalue weighted by molar-refractivity contribution is 0.0520. The lowest BCUT2D eigenvalue weighted by Gasteiger charge is -2.04. The van der Waals surface area contributed by atoms with Crippen LogP contribution in [0, 0.1) is 0 Å². The Hall–Kier alpha value is -2.79. The zero-order valence-electron chi connectivity index (χ0n) is 13.0. The minimum Gasteiger partial charge on any atom is -0.461 e. The molecule has 3 rings (SSSR count). The van der Waals surface area contributed by atoms with Gasteiger partial charge in [-0.2, -0.15) is 0 Å². The number of halogens is 1. The van der Waals surface area contributed by atoms with Crippen molar-refractivity contribution in [1.29, 1.82) is 0 Å². The molecule has 0 spiro atoms. The van der Waals surface area contributed by atoms with Gasteiger partial charge in [-0.15, -0.1) is 0 Å². The highest BCUT2D eigenvalue weighted by atomic mass is 35.5. The summed E-state index contributed by atoms with van der Waals surface area (Å²) in [5, 5.41) is 0.600. The zero-order chi connectivity index (χ0) is 17.1. The number of benzene rings is 2. The first-order chi connectivity index (χ1) is 11.6. The quantitative estimate of drug-likeness (QED) is 0.561. The van der Waals surface area contributed by atoms with Crippen molar-refractivity contribution in [2.75, 3.05) is 12.3 Å². The lowest BCUT2D eigenvalue weighted by atomic mass is 10.1. The van der Waals surface area contributed by atoms with Crippen molar-refractivity contribution in [1.82, 2.24) is 4.98 Å². The standard InChI is InChI=1S/C18H15ClN2O3/c1-2-23-18(22)15-16(13-5-3-4-6-14(13)20)24-17(21-15)11-7-9-12(19)10-8-11/h3-10H,2,20H2,1H3. The van der Waals surface area contributed by atoms with E-state index in [1.54, 1.807) is 49.4 Å². The highest BCUT2D eigenvalue weighted by Crippen LogP contribution is 2.33. The summed E-state index contributed by atoms with van der Waals surface area (Å²) < 4.78 is 10.9. The summed E-state index contributed by atoms with van der Waals surface area (Å²) in [5.41, 5.74) is 7.88. The highest BCUT2D eigenvalue weighted by Gasteiger charge is 2.24. The van der Waals surface area contributed by atoms with Gasteiger partial charge in [-0.25, -0.2) is 9.78 Å². The van der Waals surface area contributed by atoms with E-state index in [2.05, 4.69) is 4.98 Å². The van der Waals surface area contributed by atoms with Gasteiger partial charge < -0.3 is 14.9 Å². The van der Waals surface area contributed by atoms with Crippen LogP contribution >= 0.6 is 11.6 Å². The topological polar surface area (TPSA) is 78.3 Å². The molecule has 2 aromatic carbocycles. The van der Waals surface area contributed by atoms with Crippen LogP contribution in [-0.2, 0) is 4.74 Å². The van der Waals surface area contributed by atoms with Gasteiger partial charge in [0.1, 0.15) is 0 Å². The fourth-order valence-electron chi connectivity index (χ4n) is 2.26. The van der Waals surface area contributed by atoms with Crippen LogP contribution in [0.3, 0.4) is 0 Å². The molecule has 0 atom stereocenters. The summed E-state index contributed by atoms with van der Waals surface area (Å²) in [4.78, 5) is 16.5. The molecular formula is C18H15ClN2O3. The molecule has 24 heavy (non-hydrogen) atoms. The van der Waals surface area contributed by atoms with Gasteiger partial charge in [0.2, 0.25) is 5.89 Å². The second-order valence-corrected chi connectivity index (χ2v) is 5.45. The van der Waals surface area contributed by atoms with E-state index < -0.39 is 5.97 Å². The number of hydrogen-bond acceptors (Lipinski definition) is 5. The second kappa shape index (κ2) is 6.76. The van der Waals surface area contributed by atoms with E-state index in [1.807, 2.05) is 6.07 Å². The summed E-state index contributed by atoms with van der Waals surface area (Å²) in [6, 6.07) is 14.1. The van der Waals surface area contributed by atoms with E-state index in [-0.39, 0.29) is 18.1 Å². The van der Waals surface area contributed by atoms with E-state index in [4.69, 9.17) is 26.5 Å². The smallest absolute Gasteiger partial charge is 0.361 e. The van der Waals surface area contributed by atoms with Crippen LogP contribution in [0.5, 0.6) is 0 Å². The van der Waals surface area contributed by atoms with Crippen LogP contribution in [0.2, 0.25) is 5.02 Å². The molecule has 0 radical (unpaired) electrons. The summed E-state index contributed by atoms with van der Waals surface area (Å²) >= 11 is 5.90. The molecule has 0 amide bonds. The fourth-order valence-corrected chi connectivity index (χ4v) is 2.39. The molecule has 0 aliphatic heterocycles. The number of ether oxygens (including phenoxy) is 1. The maximum absolute atomic E-state index is 12.2. The lowest BCUT2D eigenvalue weighted by Crippen LogP contribution is -2.07. The number of carbonyl (C=O) groups excluding carboxylic acids is 1. The Labute approximate surface area is 144 Å². The minimum atomic E-state index is -0.556. The zero-order valence-corrected chi connectivity index (χ0v) is 13.7. The van der Waals surface area contributed by atoms with Crippen molar-refractivity contribution < 1.29 is 13.9 Å². The number of nitrogen functional groups attached to an aromatic ring is 1. The number of rotatable bonds is 4. The molecule has 0 bridgehead atoms. The number of aromatic nitrogens is 1. The Morgan fingerprint density at radius 1 is 1.21 bits per heavy atom. The number of hydrogen-bond donors (Lipinski definition) is 1. The number of oxazole rings is 1. The van der Waals surface area contributed by atoms with Crippen LogP contribution < -0.4 is 5.73 Å². The number of nitrogens with zero attached hydrogens (tertiary/aromatic N) is 1. The molecule has 1 aromatic heterocycles. The molecule has 0 unspecified atom stereocenters. The monoisotopic (exact) mass is 342 g/mol. The number of para-hydroxylation sites is 1. The van der Waals surface area contributed by atoms with E-state index in [1.165, 1.54) is 0 Å². The number of nitrogens with two attached hydrogens (primary N) is 1. The van der Waals surface area contributed by atoms with Crippen molar-refractivity contribution in [2.24, 2.45) is 0 Å². The molecule has 0 saturated heterocycles. The molecule has 0 aliphatic rings. The molecular weight excluding hydrogens is 328 g/mol. The summed E-state index contributed by atoms with van der Waals surface area (Å²) in [6.07, 6.45) is 0. The molecule has 2 N–H and O–H groups in total. The highest BCUT2D eigenvalue weighted by molar-refractivity contribution is 6.30. The Bertz CT molecular complexity index is 872. The van der Waals surface area contributed by atoms with Gasteiger partial charge >= 0.3 is 5.97 Å². The van der Waals surface area contributed by atoms with Gasteiger partial charge in [-0.1, -0.05) is 23.7 Å². The van der Waals surface area contributed by atoms with Crippen molar-refractivity contribution in [2.45, 2.75) is 6.92 Å². The third-order valence-corrected chi connectivity index (χ3v) is 3.64. The maximum Gasteiger partial charge on any atom is 0.361 e. The Morgan fingerprint density at radius 2 is 1.92 bits per heavy atom. The van der Waals surface area contributed by atoms with Crippen LogP contribution in [0.1, 0.15) is 17.4 Å². The summed E-state index contributed by atoms with van der Waals surface area (Å²) in [6.45, 7) is 1.97. The normalized spacial score (nSPS) is 10.6. The third-order valence-electron chi connectivity index (χ3n) is 3.39. The predicted octanol–water partition coefficient (Wildman–Crippen LogP) is 4.42. The Kier molecular flexibility index (Phi) is 4.53. The summed E-state index contributed by atoms with van der Waals surface area (Å²) in [5.74, 6) is 0.0317. The number of esters is 1. The van der Waals surface area contributed by atoms with E-state index in [0.29, 0.717) is 27.7 Å². The predicted molar refractivity (Wildman–Crippen MR) is 92.8 cm³/mol. The van der Waals surface area contributed by atoms with Crippen LogP contribution in [-0.4, -0.2) is 17.6 Å². The van der Waals surface area contributed by atoms with Crippen molar-refractivity contribution in [3.8, 4) is 22.8 Å². The SMILES string of the molecule is CCOC(=O)c1nc(-c2ccc(Cl)cc2)oc1-c1ccccc1N. The molecule has 0 fully saturated rings. The van der Waals surface area contributed by atoms with Gasteiger partial charge in [0, 0.05) is 21.8 Å². The van der Waals surface area contributed by atoms with Crippen LogP contribution in [0.15, 0.2) is 52.9 Å². The molecule has 0 aliphatic carbocycles. The van der Waals surface area contributed by atoms with Gasteiger partial charge in [-0.05, 0) is 43.3 Å². The van der Waals surface area contributed by atoms with Crippen molar-refractivity contribution >= 4 is 23.3 Å². The summed E-state index contributed by atoms with van der Waals surface area (Å²) in [7, 11) is 0. The molecule has 3 aromatic rings. The minimum absolute atomic E-state index is 0.0969. The Morgan fingerprint density at radius 3 is 2.58 bits per heavy atom. The number of carbonyl (C=O) groups is 1. The van der Waals surface area contributed by atoms with E-state index in [9.17, 15) is 4.79 Å². The van der Waals surface area contributed by atoms with Gasteiger partial charge in [0.15, 0.2) is 11.5 Å². The largest absolute Gasteiger partial charge is 0.461 e. The molecule has 6 heteroatoms. The van der Waals surface area contributed by atoms with E-state index >= 15 is 0 Å². The first kappa shape index (κ1) is 16.1. The van der Waals surface area contributed by atoms with Crippen LogP contribution in [0.25, 0.3) is 22.8 Å². The first-order valence-electron chi connectivity index (χ1n) is 7.39.